The predicted molar refractivity (Wildman–Crippen MR) is 122 cm³/mol. The molecule has 0 radical (unpaired) electrons. The van der Waals surface area contributed by atoms with Gasteiger partial charge in [-0.05, 0) is 62.7 Å². The number of hydrogen-bond donors (Lipinski definition) is 1. The maximum Gasteiger partial charge on any atom is 0.133 e. The Morgan fingerprint density at radius 3 is 2.43 bits per heavy atom. The largest absolute Gasteiger partial charge is 0.384 e. The molecule has 0 unspecified atom stereocenters. The molecule has 0 saturated heterocycles. The zero-order valence-electron chi connectivity index (χ0n) is 16.6. The Morgan fingerprint density at radius 1 is 1.03 bits per heavy atom. The van der Waals surface area contributed by atoms with Crippen LogP contribution in [0.3, 0.4) is 0 Å². The van der Waals surface area contributed by atoms with Gasteiger partial charge in [0, 0.05) is 10.4 Å². The van der Waals surface area contributed by atoms with Gasteiger partial charge in [0.25, 0.3) is 0 Å². The number of aliphatic hydroxyl groups is 1. The second-order valence-corrected chi connectivity index (χ2v) is 9.42. The molecule has 2 aromatic heterocycles. The first kappa shape index (κ1) is 21.1. The third kappa shape index (κ3) is 3.79. The molecule has 1 N–H and O–H groups in total. The van der Waals surface area contributed by atoms with Crippen molar-refractivity contribution in [2.24, 2.45) is 0 Å². The minimum absolute atomic E-state index is 0.365. The van der Waals surface area contributed by atoms with E-state index in [0.717, 1.165) is 16.1 Å². The first-order chi connectivity index (χ1) is 14.2. The zero-order valence-corrected chi connectivity index (χ0v) is 18.9. The van der Waals surface area contributed by atoms with Crippen LogP contribution in [0.4, 0.5) is 4.39 Å². The minimum Gasteiger partial charge on any atom is -0.384 e. The van der Waals surface area contributed by atoms with Crippen LogP contribution >= 0.6 is 34.5 Å². The smallest absolute Gasteiger partial charge is 0.133 e. The van der Waals surface area contributed by atoms with Crippen LogP contribution < -0.4 is 0 Å². The maximum atomic E-state index is 14.5. The Morgan fingerprint density at radius 2 is 1.73 bits per heavy atom. The van der Waals surface area contributed by atoms with Gasteiger partial charge in [0.2, 0.25) is 0 Å². The number of rotatable bonds is 4. The van der Waals surface area contributed by atoms with Gasteiger partial charge in [-0.2, -0.15) is 5.10 Å². The Balaban J connectivity index is 1.89. The lowest BCUT2D eigenvalue weighted by Gasteiger charge is -2.13. The van der Waals surface area contributed by atoms with Crippen molar-refractivity contribution in [1.29, 1.82) is 0 Å². The first-order valence-corrected chi connectivity index (χ1v) is 10.9. The van der Waals surface area contributed by atoms with E-state index < -0.39 is 5.60 Å². The SMILES string of the molecule is Cc1ccc(F)c(-c2ccc(-c3cc(C(C)(C)O)nn3-c3ccccc3Cl)s2)c1Cl. The fraction of sp³-hybridized carbons (Fsp3) is 0.174. The van der Waals surface area contributed by atoms with E-state index in [4.69, 9.17) is 23.2 Å². The standard InChI is InChI=1S/C23H19Cl2FN2OS/c1-13-8-9-15(26)21(22(13)25)19-11-10-18(30-19)17-12-20(23(2,3)29)27-28(17)16-7-5-4-6-14(16)24/h4-12,29H,1-3H3. The van der Waals surface area contributed by atoms with Crippen molar-refractivity contribution in [3.05, 3.63) is 81.7 Å². The van der Waals surface area contributed by atoms with E-state index in [2.05, 4.69) is 5.10 Å². The van der Waals surface area contributed by atoms with Crippen LogP contribution in [-0.2, 0) is 5.60 Å². The van der Waals surface area contributed by atoms with E-state index in [-0.39, 0.29) is 5.82 Å². The summed E-state index contributed by atoms with van der Waals surface area (Å²) in [5.74, 6) is -0.365. The number of halogens is 3. The lowest BCUT2D eigenvalue weighted by atomic mass is 10.1. The van der Waals surface area contributed by atoms with Crippen molar-refractivity contribution in [1.82, 2.24) is 9.78 Å². The van der Waals surface area contributed by atoms with Crippen LogP contribution in [0.5, 0.6) is 0 Å². The van der Waals surface area contributed by atoms with E-state index in [1.54, 1.807) is 30.7 Å². The Bertz CT molecular complexity index is 1240. The molecule has 0 aliphatic heterocycles. The highest BCUT2D eigenvalue weighted by Gasteiger charge is 2.25. The highest BCUT2D eigenvalue weighted by Crippen LogP contribution is 2.41. The number of hydrogen-bond acceptors (Lipinski definition) is 3. The summed E-state index contributed by atoms with van der Waals surface area (Å²) in [6, 6.07) is 16.0. The third-order valence-electron chi connectivity index (χ3n) is 4.81. The van der Waals surface area contributed by atoms with Crippen molar-refractivity contribution in [2.45, 2.75) is 26.4 Å². The fourth-order valence-corrected chi connectivity index (χ4v) is 4.74. The summed E-state index contributed by atoms with van der Waals surface area (Å²) in [5.41, 5.74) is 2.02. The summed E-state index contributed by atoms with van der Waals surface area (Å²) < 4.78 is 16.2. The molecule has 0 fully saturated rings. The topological polar surface area (TPSA) is 38.1 Å². The van der Waals surface area contributed by atoms with Gasteiger partial charge in [-0.15, -0.1) is 11.3 Å². The summed E-state index contributed by atoms with van der Waals surface area (Å²) in [6.07, 6.45) is 0. The molecular weight excluding hydrogens is 442 g/mol. The van der Waals surface area contributed by atoms with Crippen molar-refractivity contribution in [3.63, 3.8) is 0 Å². The van der Waals surface area contributed by atoms with E-state index in [9.17, 15) is 9.50 Å². The predicted octanol–water partition coefficient (Wildman–Crippen LogP) is 7.25. The van der Waals surface area contributed by atoms with Gasteiger partial charge in [0.15, 0.2) is 0 Å². The molecule has 0 bridgehead atoms. The number of aromatic nitrogens is 2. The quantitative estimate of drug-likeness (QED) is 0.348. The van der Waals surface area contributed by atoms with E-state index in [0.29, 0.717) is 31.9 Å². The van der Waals surface area contributed by atoms with Gasteiger partial charge in [0.05, 0.1) is 32.0 Å². The molecule has 0 spiro atoms. The number of thiophene rings is 1. The Hall–Kier alpha value is -2.18. The monoisotopic (exact) mass is 460 g/mol. The molecule has 0 amide bonds. The summed E-state index contributed by atoms with van der Waals surface area (Å²) in [6.45, 7) is 5.21. The third-order valence-corrected chi connectivity index (χ3v) is 6.74. The molecule has 30 heavy (non-hydrogen) atoms. The van der Waals surface area contributed by atoms with Crippen molar-refractivity contribution < 1.29 is 9.50 Å². The summed E-state index contributed by atoms with van der Waals surface area (Å²) in [7, 11) is 0. The lowest BCUT2D eigenvalue weighted by molar-refractivity contribution is 0.0734. The average Bonchev–Trinajstić information content (AvgIpc) is 3.32. The first-order valence-electron chi connectivity index (χ1n) is 9.30. The average molecular weight is 461 g/mol. The van der Waals surface area contributed by atoms with Gasteiger partial charge in [-0.1, -0.05) is 41.4 Å². The lowest BCUT2D eigenvalue weighted by Crippen LogP contribution is -2.16. The summed E-state index contributed by atoms with van der Waals surface area (Å²) in [5, 5.41) is 16.1. The van der Waals surface area contributed by atoms with Crippen LogP contribution in [0.2, 0.25) is 10.0 Å². The van der Waals surface area contributed by atoms with Gasteiger partial charge in [-0.3, -0.25) is 0 Å². The van der Waals surface area contributed by atoms with Crippen molar-refractivity contribution >= 4 is 34.5 Å². The summed E-state index contributed by atoms with van der Waals surface area (Å²) >= 11 is 14.2. The Kier molecular flexibility index (Phi) is 5.49. The molecule has 0 aliphatic rings. The highest BCUT2D eigenvalue weighted by atomic mass is 35.5. The maximum absolute atomic E-state index is 14.5. The number of aryl methyl sites for hydroxylation is 1. The summed E-state index contributed by atoms with van der Waals surface area (Å²) in [4.78, 5) is 1.57. The van der Waals surface area contributed by atoms with Crippen LogP contribution in [0.1, 0.15) is 25.1 Å². The minimum atomic E-state index is -1.13. The van der Waals surface area contributed by atoms with E-state index in [1.807, 2.05) is 43.3 Å². The van der Waals surface area contributed by atoms with Crippen molar-refractivity contribution in [2.75, 3.05) is 0 Å². The number of para-hydroxylation sites is 1. The molecule has 0 atom stereocenters. The second-order valence-electron chi connectivity index (χ2n) is 7.55. The molecule has 154 valence electrons. The molecular formula is C23H19Cl2FN2OS. The van der Waals surface area contributed by atoms with Gasteiger partial charge in [0.1, 0.15) is 11.4 Å². The van der Waals surface area contributed by atoms with Crippen molar-refractivity contribution in [3.8, 4) is 26.7 Å². The van der Waals surface area contributed by atoms with Gasteiger partial charge in [-0.25, -0.2) is 9.07 Å². The second kappa shape index (κ2) is 7.82. The molecule has 0 aliphatic carbocycles. The molecule has 4 rings (SSSR count). The van der Waals surface area contributed by atoms with Gasteiger partial charge >= 0.3 is 0 Å². The molecule has 3 nitrogen and oxygen atoms in total. The fourth-order valence-electron chi connectivity index (χ4n) is 3.16. The Labute approximate surface area is 188 Å². The number of nitrogens with zero attached hydrogens (tertiary/aromatic N) is 2. The molecule has 0 saturated carbocycles. The number of benzene rings is 2. The van der Waals surface area contributed by atoms with Gasteiger partial charge < -0.3 is 5.11 Å². The van der Waals surface area contributed by atoms with E-state index >= 15 is 0 Å². The molecule has 2 heterocycles. The van der Waals surface area contributed by atoms with Crippen LogP contribution in [-0.4, -0.2) is 14.9 Å². The normalized spacial score (nSPS) is 11.8. The van der Waals surface area contributed by atoms with Crippen LogP contribution in [0.25, 0.3) is 26.7 Å². The van der Waals surface area contributed by atoms with Crippen LogP contribution in [0.15, 0.2) is 54.6 Å². The highest BCUT2D eigenvalue weighted by molar-refractivity contribution is 7.18. The van der Waals surface area contributed by atoms with E-state index in [1.165, 1.54) is 17.4 Å². The molecule has 7 heteroatoms. The van der Waals surface area contributed by atoms with Crippen LogP contribution in [0, 0.1) is 12.7 Å². The molecule has 4 aromatic rings. The zero-order chi connectivity index (χ0) is 21.6. The molecule has 2 aromatic carbocycles.